The zero-order valence-electron chi connectivity index (χ0n) is 15.4. The number of nitrogens with zero attached hydrogens (tertiary/aromatic N) is 3. The van der Waals surface area contributed by atoms with Gasteiger partial charge in [-0.05, 0) is 44.0 Å². The van der Waals surface area contributed by atoms with Crippen LogP contribution in [0.3, 0.4) is 0 Å². The van der Waals surface area contributed by atoms with Crippen LogP contribution >= 0.6 is 0 Å². The Morgan fingerprint density at radius 2 is 1.89 bits per heavy atom. The van der Waals surface area contributed by atoms with Gasteiger partial charge in [0, 0.05) is 30.8 Å². The first-order chi connectivity index (χ1) is 13.4. The fourth-order valence-corrected chi connectivity index (χ4v) is 3.09. The molecule has 2 aromatic rings. The van der Waals surface area contributed by atoms with E-state index in [9.17, 15) is 18.0 Å². The van der Waals surface area contributed by atoms with Crippen molar-refractivity contribution in [2.45, 2.75) is 25.9 Å². The Balaban J connectivity index is 1.55. The molecule has 1 aromatic heterocycles. The number of benzene rings is 1. The second-order valence-corrected chi connectivity index (χ2v) is 6.47. The molecule has 1 aliphatic heterocycles. The monoisotopic (exact) mass is 394 g/mol. The number of amides is 1. The molecule has 3 rings (SSSR count). The zero-order valence-corrected chi connectivity index (χ0v) is 15.4. The third-order valence-corrected chi connectivity index (χ3v) is 4.57. The maximum atomic E-state index is 12.8. The minimum Gasteiger partial charge on any atom is -0.494 e. The number of nitrogens with one attached hydrogen (secondary N) is 1. The van der Waals surface area contributed by atoms with E-state index in [0.29, 0.717) is 38.2 Å². The summed E-state index contributed by atoms with van der Waals surface area (Å²) in [7, 11) is 0. The summed E-state index contributed by atoms with van der Waals surface area (Å²) in [5.74, 6) is 0.666. The molecule has 1 N–H and O–H groups in total. The van der Waals surface area contributed by atoms with Crippen LogP contribution in [0, 0.1) is 5.92 Å². The Morgan fingerprint density at radius 1 is 1.21 bits per heavy atom. The Kier molecular flexibility index (Phi) is 6.01. The van der Waals surface area contributed by atoms with Gasteiger partial charge in [0.2, 0.25) is 5.91 Å². The molecule has 0 saturated carbocycles. The number of rotatable bonds is 5. The molecule has 1 aliphatic rings. The third kappa shape index (κ3) is 4.90. The number of halogens is 3. The van der Waals surface area contributed by atoms with Gasteiger partial charge in [0.15, 0.2) is 0 Å². The van der Waals surface area contributed by atoms with E-state index in [4.69, 9.17) is 4.74 Å². The molecule has 9 heteroatoms. The number of carbonyl (C=O) groups excluding carboxylic acids is 1. The molecule has 0 bridgehead atoms. The van der Waals surface area contributed by atoms with Crippen LogP contribution in [0.1, 0.15) is 25.5 Å². The van der Waals surface area contributed by atoms with Crippen molar-refractivity contribution in [3.63, 3.8) is 0 Å². The number of carbonyl (C=O) groups is 1. The van der Waals surface area contributed by atoms with Crippen LogP contribution in [0.25, 0.3) is 0 Å². The second-order valence-electron chi connectivity index (χ2n) is 6.47. The summed E-state index contributed by atoms with van der Waals surface area (Å²) >= 11 is 0. The first kappa shape index (κ1) is 19.9. The molecule has 0 radical (unpaired) electrons. The number of anilines is 2. The molecule has 28 heavy (non-hydrogen) atoms. The minimum absolute atomic E-state index is 0.0949. The van der Waals surface area contributed by atoms with Crippen molar-refractivity contribution in [2.75, 3.05) is 29.9 Å². The van der Waals surface area contributed by atoms with Crippen LogP contribution in [-0.4, -0.2) is 35.6 Å². The lowest BCUT2D eigenvalue weighted by molar-refractivity contribution is -0.141. The zero-order chi connectivity index (χ0) is 20.1. The molecule has 1 saturated heterocycles. The quantitative estimate of drug-likeness (QED) is 0.837. The summed E-state index contributed by atoms with van der Waals surface area (Å²) < 4.78 is 43.8. The fraction of sp³-hybridized carbons (Fsp3) is 0.421. The average molecular weight is 394 g/mol. The Labute approximate surface area is 160 Å². The van der Waals surface area contributed by atoms with E-state index in [1.165, 1.54) is 0 Å². The number of aromatic nitrogens is 2. The molecule has 1 fully saturated rings. The summed E-state index contributed by atoms with van der Waals surface area (Å²) in [4.78, 5) is 21.4. The van der Waals surface area contributed by atoms with Gasteiger partial charge in [0.1, 0.15) is 23.6 Å². The smallest absolute Gasteiger partial charge is 0.433 e. The van der Waals surface area contributed by atoms with Gasteiger partial charge in [-0.3, -0.25) is 4.79 Å². The predicted molar refractivity (Wildman–Crippen MR) is 98.2 cm³/mol. The first-order valence-corrected chi connectivity index (χ1v) is 9.04. The maximum absolute atomic E-state index is 12.8. The molecule has 0 aliphatic carbocycles. The van der Waals surface area contributed by atoms with E-state index in [1.807, 2.05) is 6.92 Å². The van der Waals surface area contributed by atoms with Crippen LogP contribution in [-0.2, 0) is 11.0 Å². The maximum Gasteiger partial charge on any atom is 0.433 e. The number of hydrogen-bond acceptors (Lipinski definition) is 5. The lowest BCUT2D eigenvalue weighted by atomic mass is 9.95. The second kappa shape index (κ2) is 8.45. The van der Waals surface area contributed by atoms with E-state index >= 15 is 0 Å². The van der Waals surface area contributed by atoms with Gasteiger partial charge in [-0.15, -0.1) is 0 Å². The summed E-state index contributed by atoms with van der Waals surface area (Å²) in [5.41, 5.74) is -0.283. The molecule has 0 unspecified atom stereocenters. The summed E-state index contributed by atoms with van der Waals surface area (Å²) in [6, 6.07) is 8.07. The topological polar surface area (TPSA) is 67.3 Å². The third-order valence-electron chi connectivity index (χ3n) is 4.57. The van der Waals surface area contributed by atoms with Crippen LogP contribution < -0.4 is 15.0 Å². The summed E-state index contributed by atoms with van der Waals surface area (Å²) in [6.07, 6.45) is -2.51. The standard InChI is InChI=1S/C19H21F3N4O2/c1-2-28-15-5-3-14(4-6-15)25-18(27)13-7-9-26(10-8-13)17-11-16(19(20,21)22)23-12-24-17/h3-6,11-13H,2,7-10H2,1H3,(H,25,27). The van der Waals surface area contributed by atoms with Crippen LogP contribution in [0.2, 0.25) is 0 Å². The summed E-state index contributed by atoms with van der Waals surface area (Å²) in [5, 5.41) is 2.88. The van der Waals surface area contributed by atoms with Crippen molar-refractivity contribution in [3.8, 4) is 5.75 Å². The van der Waals surface area contributed by atoms with Crippen molar-refractivity contribution in [1.29, 1.82) is 0 Å². The highest BCUT2D eigenvalue weighted by molar-refractivity contribution is 5.92. The fourth-order valence-electron chi connectivity index (χ4n) is 3.09. The van der Waals surface area contributed by atoms with Crippen molar-refractivity contribution < 1.29 is 22.7 Å². The molecule has 6 nitrogen and oxygen atoms in total. The molecule has 0 atom stereocenters. The van der Waals surface area contributed by atoms with Gasteiger partial charge in [0.05, 0.1) is 6.61 Å². The van der Waals surface area contributed by atoms with Crippen molar-refractivity contribution in [2.24, 2.45) is 5.92 Å². The molecular weight excluding hydrogens is 373 g/mol. The normalized spacial score (nSPS) is 15.4. The van der Waals surface area contributed by atoms with Crippen LogP contribution in [0.15, 0.2) is 36.7 Å². The van der Waals surface area contributed by atoms with Gasteiger partial charge in [0.25, 0.3) is 0 Å². The van der Waals surface area contributed by atoms with E-state index in [0.717, 1.165) is 18.1 Å². The highest BCUT2D eigenvalue weighted by Crippen LogP contribution is 2.30. The first-order valence-electron chi connectivity index (χ1n) is 9.04. The van der Waals surface area contributed by atoms with E-state index < -0.39 is 11.9 Å². The van der Waals surface area contributed by atoms with Gasteiger partial charge in [-0.1, -0.05) is 0 Å². The largest absolute Gasteiger partial charge is 0.494 e. The van der Waals surface area contributed by atoms with Crippen molar-refractivity contribution in [1.82, 2.24) is 9.97 Å². The molecule has 2 heterocycles. The molecule has 0 spiro atoms. The van der Waals surface area contributed by atoms with Crippen molar-refractivity contribution >= 4 is 17.4 Å². The van der Waals surface area contributed by atoms with Crippen molar-refractivity contribution in [3.05, 3.63) is 42.4 Å². The number of piperidine rings is 1. The number of hydrogen-bond donors (Lipinski definition) is 1. The summed E-state index contributed by atoms with van der Waals surface area (Å²) in [6.45, 7) is 3.37. The minimum atomic E-state index is -4.51. The Bertz CT molecular complexity index is 804. The van der Waals surface area contributed by atoms with E-state index in [2.05, 4.69) is 15.3 Å². The van der Waals surface area contributed by atoms with Gasteiger partial charge >= 0.3 is 6.18 Å². The lowest BCUT2D eigenvalue weighted by Crippen LogP contribution is -2.38. The predicted octanol–water partition coefficient (Wildman–Crippen LogP) is 3.75. The van der Waals surface area contributed by atoms with Gasteiger partial charge in [-0.25, -0.2) is 9.97 Å². The average Bonchev–Trinajstić information content (AvgIpc) is 2.69. The Hall–Kier alpha value is -2.84. The Morgan fingerprint density at radius 3 is 2.50 bits per heavy atom. The van der Waals surface area contributed by atoms with Gasteiger partial charge < -0.3 is 15.0 Å². The molecule has 150 valence electrons. The van der Waals surface area contributed by atoms with E-state index in [1.54, 1.807) is 29.2 Å². The SMILES string of the molecule is CCOc1ccc(NC(=O)C2CCN(c3cc(C(F)(F)F)ncn3)CC2)cc1. The molecular formula is C19H21F3N4O2. The highest BCUT2D eigenvalue weighted by Gasteiger charge is 2.34. The van der Waals surface area contributed by atoms with Crippen LogP contribution in [0.4, 0.5) is 24.7 Å². The lowest BCUT2D eigenvalue weighted by Gasteiger charge is -2.32. The molecule has 1 amide bonds. The number of alkyl halides is 3. The highest BCUT2D eigenvalue weighted by atomic mass is 19.4. The van der Waals surface area contributed by atoms with E-state index in [-0.39, 0.29) is 17.6 Å². The number of ether oxygens (including phenoxy) is 1. The van der Waals surface area contributed by atoms with Gasteiger partial charge in [-0.2, -0.15) is 13.2 Å². The molecule has 1 aromatic carbocycles. The van der Waals surface area contributed by atoms with Crippen LogP contribution in [0.5, 0.6) is 5.75 Å².